The zero-order valence-electron chi connectivity index (χ0n) is 11.1. The predicted molar refractivity (Wildman–Crippen MR) is 73.6 cm³/mol. The highest BCUT2D eigenvalue weighted by molar-refractivity contribution is 6.30. The lowest BCUT2D eigenvalue weighted by atomic mass is 9.87. The maximum Gasteiger partial charge on any atom is 0.125 e. The van der Waals surface area contributed by atoms with E-state index in [1.54, 1.807) is 7.11 Å². The van der Waals surface area contributed by atoms with E-state index in [9.17, 15) is 0 Å². The summed E-state index contributed by atoms with van der Waals surface area (Å²) < 4.78 is 5.31. The number of halogens is 1. The van der Waals surface area contributed by atoms with E-state index in [-0.39, 0.29) is 6.04 Å². The summed E-state index contributed by atoms with van der Waals surface area (Å²) in [5, 5.41) is 0.675. The molecule has 1 aromatic carbocycles. The molecule has 0 aliphatic carbocycles. The van der Waals surface area contributed by atoms with Crippen LogP contribution in [0.2, 0.25) is 5.02 Å². The molecule has 1 rings (SSSR count). The van der Waals surface area contributed by atoms with E-state index in [4.69, 9.17) is 22.1 Å². The van der Waals surface area contributed by atoms with Gasteiger partial charge < -0.3 is 10.5 Å². The average Bonchev–Trinajstić information content (AvgIpc) is 2.24. The van der Waals surface area contributed by atoms with Crippen molar-refractivity contribution in [1.82, 2.24) is 0 Å². The number of hydrogen-bond acceptors (Lipinski definition) is 2. The summed E-state index contributed by atoms with van der Waals surface area (Å²) in [4.78, 5) is 0. The number of hydrogen-bond donors (Lipinski definition) is 1. The van der Waals surface area contributed by atoms with E-state index in [1.165, 1.54) is 0 Å². The van der Waals surface area contributed by atoms with E-state index in [2.05, 4.69) is 20.8 Å². The SMILES string of the molecule is COc1cc(Cl)ccc1C(N)CCC(C)(C)C. The van der Waals surface area contributed by atoms with Crippen LogP contribution in [0.15, 0.2) is 18.2 Å². The molecule has 0 aliphatic heterocycles. The predicted octanol–water partition coefficient (Wildman–Crippen LogP) is 4.17. The fraction of sp³-hybridized carbons (Fsp3) is 0.571. The van der Waals surface area contributed by atoms with Crippen LogP contribution in [0.5, 0.6) is 5.75 Å². The van der Waals surface area contributed by atoms with Crippen LogP contribution in [0.1, 0.15) is 45.2 Å². The third kappa shape index (κ3) is 4.57. The first kappa shape index (κ1) is 14.3. The molecular formula is C14H22ClNO. The molecule has 0 heterocycles. The van der Waals surface area contributed by atoms with Crippen LogP contribution in [-0.2, 0) is 0 Å². The zero-order valence-corrected chi connectivity index (χ0v) is 11.8. The molecule has 1 aromatic rings. The molecule has 0 amide bonds. The molecule has 3 heteroatoms. The largest absolute Gasteiger partial charge is 0.496 e. The second-order valence-electron chi connectivity index (χ2n) is 5.59. The Bertz CT molecular complexity index is 371. The van der Waals surface area contributed by atoms with E-state index in [0.717, 1.165) is 24.2 Å². The fourth-order valence-electron chi connectivity index (χ4n) is 1.74. The van der Waals surface area contributed by atoms with Gasteiger partial charge in [-0.25, -0.2) is 0 Å². The van der Waals surface area contributed by atoms with Crippen LogP contribution in [0.25, 0.3) is 0 Å². The molecule has 0 aliphatic rings. The molecule has 0 radical (unpaired) electrons. The van der Waals surface area contributed by atoms with Crippen LogP contribution < -0.4 is 10.5 Å². The molecule has 1 atom stereocenters. The smallest absolute Gasteiger partial charge is 0.125 e. The zero-order chi connectivity index (χ0) is 13.1. The lowest BCUT2D eigenvalue weighted by Crippen LogP contribution is -2.15. The monoisotopic (exact) mass is 255 g/mol. The van der Waals surface area contributed by atoms with Crippen molar-refractivity contribution in [2.24, 2.45) is 11.1 Å². The summed E-state index contributed by atoms with van der Waals surface area (Å²) in [5.41, 5.74) is 7.54. The topological polar surface area (TPSA) is 35.2 Å². The van der Waals surface area contributed by atoms with Gasteiger partial charge in [0.1, 0.15) is 5.75 Å². The van der Waals surface area contributed by atoms with Crippen LogP contribution >= 0.6 is 11.6 Å². The average molecular weight is 256 g/mol. The summed E-state index contributed by atoms with van der Waals surface area (Å²) in [6, 6.07) is 5.63. The first-order valence-corrected chi connectivity index (χ1v) is 6.30. The van der Waals surface area contributed by atoms with Crippen LogP contribution in [-0.4, -0.2) is 7.11 Å². The molecule has 96 valence electrons. The minimum absolute atomic E-state index is 0.00133. The third-order valence-electron chi connectivity index (χ3n) is 2.80. The van der Waals surface area contributed by atoms with Crippen LogP contribution in [0.3, 0.4) is 0 Å². The summed E-state index contributed by atoms with van der Waals surface area (Å²) in [6.45, 7) is 6.66. The normalized spacial score (nSPS) is 13.5. The van der Waals surface area contributed by atoms with Gasteiger partial charge in [0, 0.05) is 16.6 Å². The Morgan fingerprint density at radius 3 is 2.53 bits per heavy atom. The number of nitrogens with two attached hydrogens (primary N) is 1. The van der Waals surface area contributed by atoms with Crippen molar-refractivity contribution in [3.05, 3.63) is 28.8 Å². The van der Waals surface area contributed by atoms with Gasteiger partial charge in [0.2, 0.25) is 0 Å². The molecule has 17 heavy (non-hydrogen) atoms. The van der Waals surface area contributed by atoms with Crippen molar-refractivity contribution in [2.75, 3.05) is 7.11 Å². The molecule has 0 saturated carbocycles. The van der Waals surface area contributed by atoms with Crippen molar-refractivity contribution in [3.63, 3.8) is 0 Å². The van der Waals surface area contributed by atoms with Gasteiger partial charge in [-0.1, -0.05) is 38.4 Å². The molecule has 0 aromatic heterocycles. The second-order valence-corrected chi connectivity index (χ2v) is 6.03. The molecule has 0 fully saturated rings. The van der Waals surface area contributed by atoms with Crippen molar-refractivity contribution < 1.29 is 4.74 Å². The van der Waals surface area contributed by atoms with E-state index in [0.29, 0.717) is 10.4 Å². The van der Waals surface area contributed by atoms with Gasteiger partial charge in [-0.3, -0.25) is 0 Å². The van der Waals surface area contributed by atoms with E-state index >= 15 is 0 Å². The quantitative estimate of drug-likeness (QED) is 0.876. The van der Waals surface area contributed by atoms with Gasteiger partial charge in [0.25, 0.3) is 0 Å². The van der Waals surface area contributed by atoms with Gasteiger partial charge in [0.05, 0.1) is 7.11 Å². The van der Waals surface area contributed by atoms with Gasteiger partial charge in [0.15, 0.2) is 0 Å². The van der Waals surface area contributed by atoms with Gasteiger partial charge in [-0.15, -0.1) is 0 Å². The third-order valence-corrected chi connectivity index (χ3v) is 3.04. The van der Waals surface area contributed by atoms with Gasteiger partial charge in [-0.05, 0) is 30.4 Å². The summed E-state index contributed by atoms with van der Waals surface area (Å²) >= 11 is 5.93. The standard InChI is InChI=1S/C14H22ClNO/c1-14(2,3)8-7-12(16)11-6-5-10(15)9-13(11)17-4/h5-6,9,12H,7-8,16H2,1-4H3. The number of ether oxygens (including phenoxy) is 1. The molecule has 0 spiro atoms. The lowest BCUT2D eigenvalue weighted by molar-refractivity contribution is 0.344. The van der Waals surface area contributed by atoms with Crippen LogP contribution in [0.4, 0.5) is 0 Å². The van der Waals surface area contributed by atoms with E-state index in [1.807, 2.05) is 18.2 Å². The van der Waals surface area contributed by atoms with Gasteiger partial charge in [-0.2, -0.15) is 0 Å². The van der Waals surface area contributed by atoms with Crippen molar-refractivity contribution in [2.45, 2.75) is 39.7 Å². The maximum atomic E-state index is 6.21. The minimum Gasteiger partial charge on any atom is -0.496 e. The molecule has 2 N–H and O–H groups in total. The van der Waals surface area contributed by atoms with Crippen molar-refractivity contribution >= 4 is 11.6 Å². The fourth-order valence-corrected chi connectivity index (χ4v) is 1.90. The number of rotatable bonds is 4. The first-order valence-electron chi connectivity index (χ1n) is 5.92. The molecule has 0 bridgehead atoms. The molecule has 1 unspecified atom stereocenters. The highest BCUT2D eigenvalue weighted by atomic mass is 35.5. The van der Waals surface area contributed by atoms with Crippen molar-refractivity contribution in [3.8, 4) is 5.75 Å². The Labute approximate surface area is 109 Å². The Kier molecular flexibility index (Phi) is 4.84. The number of methoxy groups -OCH3 is 1. The summed E-state index contributed by atoms with van der Waals surface area (Å²) in [7, 11) is 1.64. The second kappa shape index (κ2) is 5.74. The Morgan fingerprint density at radius 2 is 2.00 bits per heavy atom. The Morgan fingerprint density at radius 1 is 1.35 bits per heavy atom. The Hall–Kier alpha value is -0.730. The lowest BCUT2D eigenvalue weighted by Gasteiger charge is -2.22. The van der Waals surface area contributed by atoms with E-state index < -0.39 is 0 Å². The summed E-state index contributed by atoms with van der Waals surface area (Å²) in [6.07, 6.45) is 2.03. The minimum atomic E-state index is 0.00133. The van der Waals surface area contributed by atoms with Crippen LogP contribution in [0, 0.1) is 5.41 Å². The number of benzene rings is 1. The first-order chi connectivity index (χ1) is 7.83. The highest BCUT2D eigenvalue weighted by Crippen LogP contribution is 2.32. The highest BCUT2D eigenvalue weighted by Gasteiger charge is 2.16. The van der Waals surface area contributed by atoms with Gasteiger partial charge >= 0.3 is 0 Å². The van der Waals surface area contributed by atoms with Crippen molar-refractivity contribution in [1.29, 1.82) is 0 Å². The summed E-state index contributed by atoms with van der Waals surface area (Å²) in [5.74, 6) is 0.777. The Balaban J connectivity index is 2.78. The maximum absolute atomic E-state index is 6.21. The molecular weight excluding hydrogens is 234 g/mol. The molecule has 0 saturated heterocycles. The molecule has 2 nitrogen and oxygen atoms in total.